The molecule has 9 nitrogen and oxygen atoms in total. The smallest absolute Gasteiger partial charge is 0.349 e. The Labute approximate surface area is 172 Å². The summed E-state index contributed by atoms with van der Waals surface area (Å²) in [4.78, 5) is 40.9. The summed E-state index contributed by atoms with van der Waals surface area (Å²) in [5.41, 5.74) is 2.26. The average molecular weight is 415 g/mol. The van der Waals surface area contributed by atoms with E-state index in [4.69, 9.17) is 4.42 Å². The SMILES string of the molecule is CCc1ccccc1NC(=O)CSc1nnc(CC2C(=O)N(C)C(=O)N=C2C)o1. The van der Waals surface area contributed by atoms with Gasteiger partial charge in [0.25, 0.3) is 5.22 Å². The number of nitrogens with one attached hydrogen (secondary N) is 1. The van der Waals surface area contributed by atoms with Gasteiger partial charge in [0.1, 0.15) is 0 Å². The summed E-state index contributed by atoms with van der Waals surface area (Å²) in [5, 5.41) is 11.0. The number of urea groups is 1. The highest BCUT2D eigenvalue weighted by Gasteiger charge is 2.34. The van der Waals surface area contributed by atoms with Gasteiger partial charge in [0, 0.05) is 24.9 Å². The van der Waals surface area contributed by atoms with Gasteiger partial charge in [-0.2, -0.15) is 0 Å². The Bertz CT molecular complexity index is 971. The third-order valence-electron chi connectivity index (χ3n) is 4.52. The number of hydrogen-bond donors (Lipinski definition) is 1. The third-order valence-corrected chi connectivity index (χ3v) is 5.34. The number of rotatable bonds is 7. The monoisotopic (exact) mass is 415 g/mol. The second-order valence-electron chi connectivity index (χ2n) is 6.50. The zero-order valence-electron chi connectivity index (χ0n) is 16.3. The minimum absolute atomic E-state index is 0.111. The molecule has 1 aromatic heterocycles. The number of imide groups is 1. The molecular weight excluding hydrogens is 394 g/mol. The van der Waals surface area contributed by atoms with Crippen molar-refractivity contribution in [3.05, 3.63) is 35.7 Å². The Morgan fingerprint density at radius 2 is 2.03 bits per heavy atom. The first-order valence-electron chi connectivity index (χ1n) is 9.08. The fraction of sp³-hybridized carbons (Fsp3) is 0.368. The maximum absolute atomic E-state index is 12.3. The molecule has 4 amide bonds. The number of hydrogen-bond acceptors (Lipinski definition) is 7. The molecule has 2 heterocycles. The normalized spacial score (nSPS) is 16.7. The number of aromatic nitrogens is 2. The van der Waals surface area contributed by atoms with Crippen LogP contribution < -0.4 is 5.32 Å². The van der Waals surface area contributed by atoms with Crippen LogP contribution in [0.2, 0.25) is 0 Å². The standard InChI is InChI=1S/C19H21N5O4S/c1-4-12-7-5-6-8-14(12)21-15(25)10-29-19-23-22-16(28-19)9-13-11(2)20-18(27)24(3)17(13)26/h5-8,13H,4,9-10H2,1-3H3,(H,21,25). The van der Waals surface area contributed by atoms with Crippen LogP contribution in [0.25, 0.3) is 0 Å². The fourth-order valence-corrected chi connectivity index (χ4v) is 3.44. The van der Waals surface area contributed by atoms with E-state index >= 15 is 0 Å². The molecule has 1 N–H and O–H groups in total. The van der Waals surface area contributed by atoms with E-state index in [1.165, 1.54) is 7.05 Å². The molecule has 1 atom stereocenters. The molecule has 1 unspecified atom stereocenters. The van der Waals surface area contributed by atoms with Crippen molar-refractivity contribution < 1.29 is 18.8 Å². The number of aryl methyl sites for hydroxylation is 1. The Morgan fingerprint density at radius 1 is 1.28 bits per heavy atom. The van der Waals surface area contributed by atoms with Gasteiger partial charge in [-0.15, -0.1) is 10.2 Å². The maximum atomic E-state index is 12.3. The molecule has 10 heteroatoms. The molecule has 0 bridgehead atoms. The lowest BCUT2D eigenvalue weighted by Gasteiger charge is -2.24. The number of anilines is 1. The van der Waals surface area contributed by atoms with Crippen LogP contribution >= 0.6 is 11.8 Å². The molecule has 1 aliphatic rings. The first-order valence-corrected chi connectivity index (χ1v) is 10.1. The zero-order chi connectivity index (χ0) is 21.0. The number of thioether (sulfide) groups is 1. The van der Waals surface area contributed by atoms with E-state index in [-0.39, 0.29) is 35.1 Å². The number of amides is 4. The highest BCUT2D eigenvalue weighted by molar-refractivity contribution is 7.99. The summed E-state index contributed by atoms with van der Waals surface area (Å²) < 4.78 is 5.54. The van der Waals surface area contributed by atoms with Gasteiger partial charge in [-0.25, -0.2) is 9.79 Å². The van der Waals surface area contributed by atoms with Crippen molar-refractivity contribution in [2.75, 3.05) is 18.1 Å². The Morgan fingerprint density at radius 3 is 2.79 bits per heavy atom. The molecule has 1 aliphatic heterocycles. The minimum atomic E-state index is -0.621. The van der Waals surface area contributed by atoms with Crippen LogP contribution in [-0.2, 0) is 22.4 Å². The molecule has 0 spiro atoms. The molecule has 0 radical (unpaired) electrons. The lowest BCUT2D eigenvalue weighted by atomic mass is 9.97. The third kappa shape index (κ3) is 4.89. The van der Waals surface area contributed by atoms with Crippen LogP contribution in [0.3, 0.4) is 0 Å². The van der Waals surface area contributed by atoms with E-state index in [9.17, 15) is 14.4 Å². The highest BCUT2D eigenvalue weighted by atomic mass is 32.2. The summed E-state index contributed by atoms with van der Waals surface area (Å²) in [6.07, 6.45) is 0.968. The number of carbonyl (C=O) groups is 3. The average Bonchev–Trinajstić information content (AvgIpc) is 3.16. The fourth-order valence-electron chi connectivity index (χ4n) is 2.86. The van der Waals surface area contributed by atoms with Gasteiger partial charge >= 0.3 is 6.03 Å². The van der Waals surface area contributed by atoms with Crippen molar-refractivity contribution in [3.63, 3.8) is 0 Å². The van der Waals surface area contributed by atoms with Crippen molar-refractivity contribution in [1.29, 1.82) is 0 Å². The van der Waals surface area contributed by atoms with Crippen molar-refractivity contribution in [2.24, 2.45) is 10.9 Å². The second-order valence-corrected chi connectivity index (χ2v) is 7.43. The summed E-state index contributed by atoms with van der Waals surface area (Å²) >= 11 is 1.11. The van der Waals surface area contributed by atoms with Crippen molar-refractivity contribution in [1.82, 2.24) is 15.1 Å². The van der Waals surface area contributed by atoms with Crippen molar-refractivity contribution in [3.8, 4) is 0 Å². The summed E-state index contributed by atoms with van der Waals surface area (Å²) in [6, 6.07) is 7.05. The van der Waals surface area contributed by atoms with Crippen LogP contribution in [0.4, 0.5) is 10.5 Å². The molecule has 0 aliphatic carbocycles. The van der Waals surface area contributed by atoms with Gasteiger partial charge in [-0.3, -0.25) is 14.5 Å². The minimum Gasteiger partial charge on any atom is -0.416 e. The molecule has 3 rings (SSSR count). The maximum Gasteiger partial charge on any atom is 0.349 e. The highest BCUT2D eigenvalue weighted by Crippen LogP contribution is 2.22. The predicted octanol–water partition coefficient (Wildman–Crippen LogP) is 2.57. The molecule has 2 aromatic rings. The van der Waals surface area contributed by atoms with Gasteiger partial charge < -0.3 is 9.73 Å². The number of benzene rings is 1. The van der Waals surface area contributed by atoms with Crippen molar-refractivity contribution in [2.45, 2.75) is 31.9 Å². The predicted molar refractivity (Wildman–Crippen MR) is 108 cm³/mol. The summed E-state index contributed by atoms with van der Waals surface area (Å²) in [6.45, 7) is 3.65. The van der Waals surface area contributed by atoms with E-state index in [1.807, 2.05) is 31.2 Å². The van der Waals surface area contributed by atoms with E-state index < -0.39 is 11.9 Å². The van der Waals surface area contributed by atoms with Crippen molar-refractivity contribution >= 4 is 41.0 Å². The molecule has 0 fully saturated rings. The van der Waals surface area contributed by atoms with Gasteiger partial charge in [0.05, 0.1) is 11.7 Å². The molecule has 0 saturated carbocycles. The van der Waals surface area contributed by atoms with Crippen LogP contribution in [0.5, 0.6) is 0 Å². The van der Waals surface area contributed by atoms with Gasteiger partial charge in [-0.1, -0.05) is 36.9 Å². The quantitative estimate of drug-likeness (QED) is 0.691. The number of para-hydroxylation sites is 1. The molecular formula is C19H21N5O4S. The topological polar surface area (TPSA) is 118 Å². The largest absolute Gasteiger partial charge is 0.416 e. The van der Waals surface area contributed by atoms with Gasteiger partial charge in [0.15, 0.2) is 0 Å². The van der Waals surface area contributed by atoms with Crippen LogP contribution in [0.1, 0.15) is 25.3 Å². The van der Waals surface area contributed by atoms with Crippen LogP contribution in [0, 0.1) is 5.92 Å². The first-order chi connectivity index (χ1) is 13.9. The number of aliphatic imine (C=N–C) groups is 1. The summed E-state index contributed by atoms with van der Waals surface area (Å²) in [5.74, 6) is -0.797. The second kappa shape index (κ2) is 8.99. The molecule has 152 valence electrons. The first kappa shape index (κ1) is 20.7. The summed E-state index contributed by atoms with van der Waals surface area (Å²) in [7, 11) is 1.39. The Hall–Kier alpha value is -3.01. The van der Waals surface area contributed by atoms with Gasteiger partial charge in [0.2, 0.25) is 17.7 Å². The zero-order valence-corrected chi connectivity index (χ0v) is 17.2. The lowest BCUT2D eigenvalue weighted by molar-refractivity contribution is -0.129. The van der Waals surface area contributed by atoms with E-state index in [0.717, 1.165) is 34.3 Å². The molecule has 0 saturated heterocycles. The van der Waals surface area contributed by atoms with Gasteiger partial charge in [-0.05, 0) is 25.0 Å². The number of nitrogens with zero attached hydrogens (tertiary/aromatic N) is 4. The van der Waals surface area contributed by atoms with Crippen LogP contribution in [-0.4, -0.2) is 51.5 Å². The Kier molecular flexibility index (Phi) is 6.42. The lowest BCUT2D eigenvalue weighted by Crippen LogP contribution is -2.44. The van der Waals surface area contributed by atoms with E-state index in [0.29, 0.717) is 5.71 Å². The number of carbonyl (C=O) groups excluding carboxylic acids is 3. The Balaban J connectivity index is 1.57. The van der Waals surface area contributed by atoms with Crippen LogP contribution in [0.15, 0.2) is 38.9 Å². The molecule has 29 heavy (non-hydrogen) atoms. The van der Waals surface area contributed by atoms with E-state index in [1.54, 1.807) is 6.92 Å². The van der Waals surface area contributed by atoms with E-state index in [2.05, 4.69) is 20.5 Å². The molecule has 1 aromatic carbocycles.